The normalized spacial score (nSPS) is 15.4. The third kappa shape index (κ3) is 3.24. The van der Waals surface area contributed by atoms with Gasteiger partial charge in [0.1, 0.15) is 18.2 Å². The van der Waals surface area contributed by atoms with E-state index in [1.807, 2.05) is 13.0 Å². The maximum atomic E-state index is 13.4. The molecule has 0 saturated carbocycles. The Kier molecular flexibility index (Phi) is 3.88. The second-order valence-corrected chi connectivity index (χ2v) is 6.71. The molecule has 1 aliphatic heterocycles. The average Bonchev–Trinajstić information content (AvgIpc) is 2.46. The number of hydrogen-bond acceptors (Lipinski definition) is 2. The van der Waals surface area contributed by atoms with Gasteiger partial charge in [0, 0.05) is 17.3 Å². The van der Waals surface area contributed by atoms with Gasteiger partial charge >= 0.3 is 0 Å². The summed E-state index contributed by atoms with van der Waals surface area (Å²) in [5.74, 6) is 0.313. The van der Waals surface area contributed by atoms with Crippen molar-refractivity contribution >= 4 is 11.3 Å². The van der Waals surface area contributed by atoms with E-state index >= 15 is 0 Å². The molecule has 120 valence electrons. The van der Waals surface area contributed by atoms with Crippen molar-refractivity contribution in [3.8, 4) is 5.75 Å². The third-order valence-corrected chi connectivity index (χ3v) is 4.11. The van der Waals surface area contributed by atoms with Gasteiger partial charge in [-0.1, -0.05) is 24.3 Å². The third-order valence-electron chi connectivity index (χ3n) is 4.11. The fourth-order valence-corrected chi connectivity index (χ4v) is 3.17. The Morgan fingerprint density at radius 3 is 2.70 bits per heavy atom. The molecule has 3 rings (SSSR count). The summed E-state index contributed by atoms with van der Waals surface area (Å²) in [6.45, 7) is 8.76. The van der Waals surface area contributed by atoms with Gasteiger partial charge in [0.15, 0.2) is 0 Å². The van der Waals surface area contributed by atoms with Gasteiger partial charge in [-0.15, -0.1) is 0 Å². The molecule has 0 radical (unpaired) electrons. The number of fused-ring (bicyclic) bond motifs is 1. The molecule has 0 amide bonds. The first kappa shape index (κ1) is 15.6. The van der Waals surface area contributed by atoms with Crippen LogP contribution in [0.4, 0.5) is 10.1 Å². The lowest BCUT2D eigenvalue weighted by molar-refractivity contribution is 0.302. The predicted octanol–water partition coefficient (Wildman–Crippen LogP) is 5.32. The van der Waals surface area contributed by atoms with Crippen LogP contribution >= 0.6 is 0 Å². The van der Waals surface area contributed by atoms with Gasteiger partial charge in [-0.2, -0.15) is 0 Å². The van der Waals surface area contributed by atoms with Gasteiger partial charge in [-0.25, -0.2) is 4.39 Å². The molecule has 0 unspecified atom stereocenters. The molecule has 0 saturated heterocycles. The molecule has 0 atom stereocenters. The van der Waals surface area contributed by atoms with Crippen molar-refractivity contribution < 1.29 is 9.13 Å². The van der Waals surface area contributed by atoms with Crippen LogP contribution in [-0.4, -0.2) is 5.54 Å². The number of halogens is 1. The zero-order valence-electron chi connectivity index (χ0n) is 14.0. The number of anilines is 1. The summed E-state index contributed by atoms with van der Waals surface area (Å²) in [7, 11) is 0. The Labute approximate surface area is 137 Å². The number of rotatable bonds is 3. The highest BCUT2D eigenvalue weighted by Crippen LogP contribution is 2.36. The number of benzene rings is 2. The molecule has 0 bridgehead atoms. The van der Waals surface area contributed by atoms with E-state index in [1.165, 1.54) is 23.3 Å². The minimum Gasteiger partial charge on any atom is -0.489 e. The quantitative estimate of drug-likeness (QED) is 0.828. The lowest BCUT2D eigenvalue weighted by atomic mass is 9.89. The summed E-state index contributed by atoms with van der Waals surface area (Å²) < 4.78 is 19.3. The Morgan fingerprint density at radius 2 is 1.91 bits per heavy atom. The number of hydrogen-bond donors (Lipinski definition) is 1. The van der Waals surface area contributed by atoms with Crippen LogP contribution in [0.5, 0.6) is 5.75 Å². The van der Waals surface area contributed by atoms with E-state index in [9.17, 15) is 4.39 Å². The minimum absolute atomic E-state index is 0.0598. The topological polar surface area (TPSA) is 21.3 Å². The van der Waals surface area contributed by atoms with Gasteiger partial charge in [0.05, 0.1) is 5.54 Å². The molecule has 1 aliphatic rings. The SMILES string of the molecule is CC1=CC(C)(C)Nc2cccc(COc3cc(F)ccc3C)c21. The Bertz CT molecular complexity index is 777. The highest BCUT2D eigenvalue weighted by atomic mass is 19.1. The van der Waals surface area contributed by atoms with Crippen LogP contribution in [0.25, 0.3) is 5.57 Å². The molecule has 1 N–H and O–H groups in total. The first-order valence-electron chi connectivity index (χ1n) is 7.84. The molecule has 0 aromatic heterocycles. The zero-order valence-corrected chi connectivity index (χ0v) is 14.0. The largest absolute Gasteiger partial charge is 0.489 e. The van der Waals surface area contributed by atoms with Crippen molar-refractivity contribution in [2.24, 2.45) is 0 Å². The van der Waals surface area contributed by atoms with E-state index in [2.05, 4.69) is 44.3 Å². The van der Waals surface area contributed by atoms with Crippen molar-refractivity contribution in [1.82, 2.24) is 0 Å². The maximum Gasteiger partial charge on any atom is 0.126 e. The van der Waals surface area contributed by atoms with Crippen molar-refractivity contribution in [2.45, 2.75) is 39.8 Å². The van der Waals surface area contributed by atoms with Crippen LogP contribution in [0.1, 0.15) is 37.5 Å². The molecule has 0 spiro atoms. The molecule has 2 aromatic carbocycles. The van der Waals surface area contributed by atoms with E-state index in [0.29, 0.717) is 12.4 Å². The molecular weight excluding hydrogens is 289 g/mol. The number of aryl methyl sites for hydroxylation is 1. The molecule has 0 fully saturated rings. The Balaban J connectivity index is 1.89. The van der Waals surface area contributed by atoms with E-state index in [1.54, 1.807) is 6.07 Å². The summed E-state index contributed by atoms with van der Waals surface area (Å²) in [6.07, 6.45) is 2.23. The lowest BCUT2D eigenvalue weighted by Crippen LogP contribution is -2.31. The van der Waals surface area contributed by atoms with E-state index in [4.69, 9.17) is 4.74 Å². The van der Waals surface area contributed by atoms with Crippen molar-refractivity contribution in [2.75, 3.05) is 5.32 Å². The van der Waals surface area contributed by atoms with Crippen LogP contribution < -0.4 is 10.1 Å². The van der Waals surface area contributed by atoms with E-state index < -0.39 is 0 Å². The van der Waals surface area contributed by atoms with Crippen LogP contribution in [0.2, 0.25) is 0 Å². The molecule has 2 aromatic rings. The molecule has 0 aliphatic carbocycles. The summed E-state index contributed by atoms with van der Waals surface area (Å²) in [6, 6.07) is 10.8. The fraction of sp³-hybridized carbons (Fsp3) is 0.300. The highest BCUT2D eigenvalue weighted by Gasteiger charge is 2.24. The standard InChI is InChI=1S/C20H22FNO/c1-13-8-9-16(21)10-18(13)23-12-15-6-5-7-17-19(15)14(2)11-20(3,4)22-17/h5-11,22H,12H2,1-4H3. The zero-order chi connectivity index (χ0) is 16.6. The second-order valence-electron chi connectivity index (χ2n) is 6.71. The maximum absolute atomic E-state index is 13.4. The number of ether oxygens (including phenoxy) is 1. The molecule has 3 heteroatoms. The molecule has 2 nitrogen and oxygen atoms in total. The smallest absolute Gasteiger partial charge is 0.126 e. The van der Waals surface area contributed by atoms with Crippen LogP contribution in [0.3, 0.4) is 0 Å². The van der Waals surface area contributed by atoms with Crippen LogP contribution in [-0.2, 0) is 6.61 Å². The fourth-order valence-electron chi connectivity index (χ4n) is 3.17. The minimum atomic E-state index is -0.278. The average molecular weight is 311 g/mol. The van der Waals surface area contributed by atoms with Crippen molar-refractivity contribution in [1.29, 1.82) is 0 Å². The van der Waals surface area contributed by atoms with E-state index in [-0.39, 0.29) is 11.4 Å². The van der Waals surface area contributed by atoms with Gasteiger partial charge < -0.3 is 10.1 Å². The number of nitrogens with one attached hydrogen (secondary N) is 1. The van der Waals surface area contributed by atoms with E-state index in [0.717, 1.165) is 16.8 Å². The Hall–Kier alpha value is -2.29. The number of allylic oxidation sites excluding steroid dienone is 1. The summed E-state index contributed by atoms with van der Waals surface area (Å²) in [5, 5.41) is 3.53. The van der Waals surface area contributed by atoms with Crippen LogP contribution in [0.15, 0.2) is 42.5 Å². The summed E-state index contributed by atoms with van der Waals surface area (Å²) >= 11 is 0. The summed E-state index contributed by atoms with van der Waals surface area (Å²) in [4.78, 5) is 0. The molecular formula is C20H22FNO. The first-order valence-corrected chi connectivity index (χ1v) is 7.84. The molecule has 23 heavy (non-hydrogen) atoms. The monoisotopic (exact) mass is 311 g/mol. The van der Waals surface area contributed by atoms with Gasteiger partial charge in [-0.3, -0.25) is 0 Å². The predicted molar refractivity (Wildman–Crippen MR) is 93.3 cm³/mol. The Morgan fingerprint density at radius 1 is 1.13 bits per heavy atom. The first-order chi connectivity index (χ1) is 10.9. The lowest BCUT2D eigenvalue weighted by Gasteiger charge is -2.32. The summed E-state index contributed by atoms with van der Waals surface area (Å²) in [5.41, 5.74) is 5.51. The second kappa shape index (κ2) is 5.73. The molecule has 1 heterocycles. The van der Waals surface area contributed by atoms with Gasteiger partial charge in [-0.05, 0) is 56.5 Å². The van der Waals surface area contributed by atoms with Crippen molar-refractivity contribution in [3.05, 3.63) is 65.0 Å². The van der Waals surface area contributed by atoms with Gasteiger partial charge in [0.2, 0.25) is 0 Å². The highest BCUT2D eigenvalue weighted by molar-refractivity contribution is 5.82. The van der Waals surface area contributed by atoms with Crippen molar-refractivity contribution in [3.63, 3.8) is 0 Å². The van der Waals surface area contributed by atoms with Crippen LogP contribution in [0, 0.1) is 12.7 Å². The van der Waals surface area contributed by atoms with Gasteiger partial charge in [0.25, 0.3) is 0 Å².